The molecule has 2 N–H and O–H groups in total. The molecular weight excluding hydrogens is 316 g/mol. The number of carbonyl (C=O) groups is 1. The summed E-state index contributed by atoms with van der Waals surface area (Å²) in [6.07, 6.45) is 0.933. The van der Waals surface area contributed by atoms with Crippen molar-refractivity contribution in [2.24, 2.45) is 5.92 Å². The first-order valence-electron chi connectivity index (χ1n) is 8.62. The Labute approximate surface area is 149 Å². The summed E-state index contributed by atoms with van der Waals surface area (Å²) in [5.74, 6) is 1.45. The average Bonchev–Trinajstić information content (AvgIpc) is 2.56. The molecule has 0 radical (unpaired) electrons. The van der Waals surface area contributed by atoms with E-state index >= 15 is 0 Å². The van der Waals surface area contributed by atoms with E-state index in [0.717, 1.165) is 23.6 Å². The Morgan fingerprint density at radius 1 is 1.24 bits per heavy atom. The molecule has 6 heteroatoms. The van der Waals surface area contributed by atoms with Gasteiger partial charge in [-0.15, -0.1) is 0 Å². The summed E-state index contributed by atoms with van der Waals surface area (Å²) < 4.78 is 5.60. The van der Waals surface area contributed by atoms with Crippen LogP contribution in [0.4, 0.5) is 11.6 Å². The van der Waals surface area contributed by atoms with Crippen molar-refractivity contribution in [2.75, 3.05) is 18.5 Å². The van der Waals surface area contributed by atoms with Gasteiger partial charge in [0.25, 0.3) is 5.91 Å². The van der Waals surface area contributed by atoms with Crippen LogP contribution in [0.25, 0.3) is 0 Å². The Balaban J connectivity index is 2.15. The molecule has 25 heavy (non-hydrogen) atoms. The predicted molar refractivity (Wildman–Crippen MR) is 99.5 cm³/mol. The second kappa shape index (κ2) is 9.01. The van der Waals surface area contributed by atoms with E-state index in [0.29, 0.717) is 30.7 Å². The Kier molecular flexibility index (Phi) is 6.74. The molecule has 6 nitrogen and oxygen atoms in total. The van der Waals surface area contributed by atoms with Crippen molar-refractivity contribution in [1.82, 2.24) is 15.3 Å². The van der Waals surface area contributed by atoms with E-state index in [1.807, 2.05) is 38.1 Å². The molecule has 134 valence electrons. The summed E-state index contributed by atoms with van der Waals surface area (Å²) >= 11 is 0. The molecule has 1 aromatic carbocycles. The van der Waals surface area contributed by atoms with Crippen LogP contribution in [0.2, 0.25) is 0 Å². The summed E-state index contributed by atoms with van der Waals surface area (Å²) in [6, 6.07) is 9.26. The van der Waals surface area contributed by atoms with Gasteiger partial charge in [-0.1, -0.05) is 26.0 Å². The fourth-order valence-corrected chi connectivity index (χ4v) is 2.28. The van der Waals surface area contributed by atoms with Gasteiger partial charge >= 0.3 is 0 Å². The molecule has 0 aliphatic rings. The molecule has 2 aromatic rings. The van der Waals surface area contributed by atoms with Gasteiger partial charge in [0.1, 0.15) is 11.4 Å². The number of nitrogens with one attached hydrogen (secondary N) is 2. The van der Waals surface area contributed by atoms with Crippen LogP contribution >= 0.6 is 0 Å². The molecule has 0 atom stereocenters. The Hall–Kier alpha value is -2.63. The molecular formula is C19H26N4O2. The molecule has 0 saturated carbocycles. The van der Waals surface area contributed by atoms with Crippen LogP contribution in [0.1, 0.15) is 43.4 Å². The Bertz CT molecular complexity index is 716. The third kappa shape index (κ3) is 5.74. The average molecular weight is 342 g/mol. The van der Waals surface area contributed by atoms with E-state index in [9.17, 15) is 4.79 Å². The third-order valence-electron chi connectivity index (χ3n) is 3.53. The van der Waals surface area contributed by atoms with Gasteiger partial charge in [0.05, 0.1) is 12.3 Å². The molecule has 0 spiro atoms. The smallest absolute Gasteiger partial charge is 0.270 e. The van der Waals surface area contributed by atoms with E-state index < -0.39 is 0 Å². The highest BCUT2D eigenvalue weighted by Crippen LogP contribution is 2.26. The second-order valence-corrected chi connectivity index (χ2v) is 6.21. The first-order valence-corrected chi connectivity index (χ1v) is 8.62. The summed E-state index contributed by atoms with van der Waals surface area (Å²) in [5, 5.41) is 6.04. The number of hydrogen-bond donors (Lipinski definition) is 2. The number of hydrogen-bond acceptors (Lipinski definition) is 5. The minimum atomic E-state index is -0.188. The van der Waals surface area contributed by atoms with Crippen molar-refractivity contribution in [3.63, 3.8) is 0 Å². The normalized spacial score (nSPS) is 10.6. The predicted octanol–water partition coefficient (Wildman–Crippen LogP) is 3.70. The number of aromatic nitrogens is 2. The maximum atomic E-state index is 12.3. The number of rotatable bonds is 8. The lowest BCUT2D eigenvalue weighted by molar-refractivity contribution is 0.0947. The fraction of sp³-hybridized carbons (Fsp3) is 0.421. The lowest BCUT2D eigenvalue weighted by Crippen LogP contribution is -2.26. The van der Waals surface area contributed by atoms with E-state index in [-0.39, 0.29) is 5.91 Å². The van der Waals surface area contributed by atoms with E-state index in [1.54, 1.807) is 6.07 Å². The zero-order valence-electron chi connectivity index (χ0n) is 15.3. The van der Waals surface area contributed by atoms with Crippen LogP contribution in [0, 0.1) is 12.8 Å². The standard InChI is InChI=1S/C19H26N4O2/c1-5-25-17-9-7-6-8-15(17)22-19-21-14(4)12-16(23-19)18(24)20-11-10-13(2)3/h6-9,12-13H,5,10-11H2,1-4H3,(H,20,24)(H,21,22,23). The minimum absolute atomic E-state index is 0.188. The number of benzene rings is 1. The summed E-state index contributed by atoms with van der Waals surface area (Å²) in [7, 11) is 0. The summed E-state index contributed by atoms with van der Waals surface area (Å²) in [4.78, 5) is 21.0. The largest absolute Gasteiger partial charge is 0.492 e. The van der Waals surface area contributed by atoms with Gasteiger partial charge in [0, 0.05) is 12.2 Å². The van der Waals surface area contributed by atoms with Crippen molar-refractivity contribution in [1.29, 1.82) is 0 Å². The maximum absolute atomic E-state index is 12.3. The summed E-state index contributed by atoms with van der Waals surface area (Å²) in [5.41, 5.74) is 1.84. The SMILES string of the molecule is CCOc1ccccc1Nc1nc(C)cc(C(=O)NCCC(C)C)n1. The topological polar surface area (TPSA) is 76.1 Å². The molecule has 0 saturated heterocycles. The zero-order chi connectivity index (χ0) is 18.2. The second-order valence-electron chi connectivity index (χ2n) is 6.21. The first kappa shape index (κ1) is 18.7. The third-order valence-corrected chi connectivity index (χ3v) is 3.53. The highest BCUT2D eigenvalue weighted by molar-refractivity contribution is 5.92. The molecule has 2 rings (SSSR count). The fourth-order valence-electron chi connectivity index (χ4n) is 2.28. The number of amides is 1. The number of aryl methyl sites for hydroxylation is 1. The molecule has 1 amide bonds. The van der Waals surface area contributed by atoms with Crippen LogP contribution in [0.15, 0.2) is 30.3 Å². The van der Waals surface area contributed by atoms with Crippen LogP contribution < -0.4 is 15.4 Å². The molecule has 0 aliphatic heterocycles. The molecule has 0 fully saturated rings. The Morgan fingerprint density at radius 2 is 2.00 bits per heavy atom. The van der Waals surface area contributed by atoms with Crippen LogP contribution in [0.5, 0.6) is 5.75 Å². The van der Waals surface area contributed by atoms with E-state index in [2.05, 4.69) is 34.4 Å². The lowest BCUT2D eigenvalue weighted by atomic mass is 10.1. The van der Waals surface area contributed by atoms with Gasteiger partial charge in [-0.2, -0.15) is 0 Å². The van der Waals surface area contributed by atoms with E-state index in [4.69, 9.17) is 4.74 Å². The van der Waals surface area contributed by atoms with Gasteiger partial charge in [-0.05, 0) is 44.4 Å². The molecule has 0 unspecified atom stereocenters. The van der Waals surface area contributed by atoms with Gasteiger partial charge in [-0.25, -0.2) is 9.97 Å². The number of nitrogens with zero attached hydrogens (tertiary/aromatic N) is 2. The maximum Gasteiger partial charge on any atom is 0.270 e. The zero-order valence-corrected chi connectivity index (χ0v) is 15.3. The highest BCUT2D eigenvalue weighted by Gasteiger charge is 2.12. The van der Waals surface area contributed by atoms with E-state index in [1.165, 1.54) is 0 Å². The van der Waals surface area contributed by atoms with Gasteiger partial charge in [0.15, 0.2) is 0 Å². The molecule has 0 aliphatic carbocycles. The van der Waals surface area contributed by atoms with Crippen molar-refractivity contribution < 1.29 is 9.53 Å². The van der Waals surface area contributed by atoms with Crippen LogP contribution in [0.3, 0.4) is 0 Å². The molecule has 1 heterocycles. The lowest BCUT2D eigenvalue weighted by Gasteiger charge is -2.12. The van der Waals surface area contributed by atoms with Gasteiger partial charge < -0.3 is 15.4 Å². The van der Waals surface area contributed by atoms with Crippen molar-refractivity contribution in [2.45, 2.75) is 34.1 Å². The number of carbonyl (C=O) groups excluding carboxylic acids is 1. The van der Waals surface area contributed by atoms with Gasteiger partial charge in [0.2, 0.25) is 5.95 Å². The van der Waals surface area contributed by atoms with Crippen LogP contribution in [-0.2, 0) is 0 Å². The molecule has 1 aromatic heterocycles. The quantitative estimate of drug-likeness (QED) is 0.765. The highest BCUT2D eigenvalue weighted by atomic mass is 16.5. The van der Waals surface area contributed by atoms with Crippen molar-refractivity contribution >= 4 is 17.5 Å². The van der Waals surface area contributed by atoms with Crippen molar-refractivity contribution in [3.8, 4) is 5.75 Å². The Morgan fingerprint density at radius 3 is 2.72 bits per heavy atom. The number of para-hydroxylation sites is 2. The number of anilines is 2. The number of ether oxygens (including phenoxy) is 1. The minimum Gasteiger partial charge on any atom is -0.492 e. The first-order chi connectivity index (χ1) is 12.0. The van der Waals surface area contributed by atoms with Gasteiger partial charge in [-0.3, -0.25) is 4.79 Å². The van der Waals surface area contributed by atoms with Crippen molar-refractivity contribution in [3.05, 3.63) is 41.7 Å². The summed E-state index contributed by atoms with van der Waals surface area (Å²) in [6.45, 7) is 9.22. The molecule has 0 bridgehead atoms. The monoisotopic (exact) mass is 342 g/mol. The van der Waals surface area contributed by atoms with Crippen LogP contribution in [-0.4, -0.2) is 29.0 Å².